The number of carbonyl (C=O) groups excluding carboxylic acids is 1. The lowest BCUT2D eigenvalue weighted by Crippen LogP contribution is -2.13. The van der Waals surface area contributed by atoms with Crippen molar-refractivity contribution < 1.29 is 22.7 Å². The van der Waals surface area contributed by atoms with Crippen LogP contribution < -0.4 is 16.2 Å². The van der Waals surface area contributed by atoms with Crippen molar-refractivity contribution in [3.8, 4) is 11.6 Å². The Kier molecular flexibility index (Phi) is 3.66. The number of nitrogens with two attached hydrogens (primary N) is 2. The molecule has 1 aromatic carbocycles. The molecule has 0 bridgehead atoms. The number of aromatic nitrogens is 2. The Hall–Kier alpha value is -2.84. The fourth-order valence-electron chi connectivity index (χ4n) is 1.51. The van der Waals surface area contributed by atoms with Crippen LogP contribution in [0.2, 0.25) is 0 Å². The van der Waals surface area contributed by atoms with Crippen molar-refractivity contribution >= 4 is 11.9 Å². The van der Waals surface area contributed by atoms with Crippen molar-refractivity contribution in [2.45, 2.75) is 6.18 Å². The van der Waals surface area contributed by atoms with E-state index in [4.69, 9.17) is 16.2 Å². The summed E-state index contributed by atoms with van der Waals surface area (Å²) in [5.74, 6) is -1.86. The van der Waals surface area contributed by atoms with E-state index in [2.05, 4.69) is 9.97 Å². The highest BCUT2D eigenvalue weighted by atomic mass is 19.4. The third-order valence-electron chi connectivity index (χ3n) is 2.38. The summed E-state index contributed by atoms with van der Waals surface area (Å²) < 4.78 is 43.0. The fraction of sp³-hybridized carbons (Fsp3) is 0.0833. The second-order valence-corrected chi connectivity index (χ2v) is 3.91. The average molecular weight is 298 g/mol. The molecule has 0 aliphatic rings. The van der Waals surface area contributed by atoms with Crippen LogP contribution in [0.15, 0.2) is 30.3 Å². The van der Waals surface area contributed by atoms with Crippen molar-refractivity contribution in [3.63, 3.8) is 0 Å². The molecule has 1 amide bonds. The van der Waals surface area contributed by atoms with E-state index >= 15 is 0 Å². The van der Waals surface area contributed by atoms with Crippen molar-refractivity contribution in [3.05, 3.63) is 41.6 Å². The first-order valence-electron chi connectivity index (χ1n) is 5.56. The largest absolute Gasteiger partial charge is 0.438 e. The number of nitrogens with zero attached hydrogens (tertiary/aromatic N) is 2. The maximum atomic E-state index is 12.6. The lowest BCUT2D eigenvalue weighted by atomic mass is 10.2. The molecule has 0 aliphatic carbocycles. The van der Waals surface area contributed by atoms with E-state index < -0.39 is 29.6 Å². The van der Waals surface area contributed by atoms with E-state index in [0.717, 1.165) is 0 Å². The Morgan fingerprint density at radius 3 is 2.48 bits per heavy atom. The van der Waals surface area contributed by atoms with Gasteiger partial charge in [0, 0.05) is 6.07 Å². The highest BCUT2D eigenvalue weighted by Crippen LogP contribution is 2.31. The number of hydrogen-bond acceptors (Lipinski definition) is 5. The van der Waals surface area contributed by atoms with Gasteiger partial charge in [0.25, 0.3) is 5.91 Å². The molecule has 0 unspecified atom stereocenters. The number of hydrogen-bond donors (Lipinski definition) is 2. The number of nitrogen functional groups attached to an aromatic ring is 1. The summed E-state index contributed by atoms with van der Waals surface area (Å²) in [4.78, 5) is 17.8. The van der Waals surface area contributed by atoms with Crippen molar-refractivity contribution in [1.82, 2.24) is 9.97 Å². The molecule has 1 aromatic heterocycles. The van der Waals surface area contributed by atoms with Crippen molar-refractivity contribution in [2.24, 2.45) is 5.73 Å². The van der Waals surface area contributed by atoms with Crippen LogP contribution in [-0.2, 0) is 6.18 Å². The quantitative estimate of drug-likeness (QED) is 0.901. The molecule has 4 N–H and O–H groups in total. The zero-order valence-corrected chi connectivity index (χ0v) is 10.4. The molecule has 0 fully saturated rings. The van der Waals surface area contributed by atoms with Gasteiger partial charge in [-0.2, -0.15) is 18.2 Å². The standard InChI is InChI=1S/C12H9F3N4O2/c13-12(14,15)8-5-9(19-11(17)18-8)21-7-4-2-1-3-6(7)10(16)20/h1-5H,(H2,16,20)(H2,17,18,19). The van der Waals surface area contributed by atoms with Crippen molar-refractivity contribution in [1.29, 1.82) is 0 Å². The van der Waals surface area contributed by atoms with Gasteiger partial charge >= 0.3 is 6.18 Å². The predicted molar refractivity (Wildman–Crippen MR) is 66.5 cm³/mol. The maximum absolute atomic E-state index is 12.6. The molecule has 0 radical (unpaired) electrons. The van der Waals surface area contributed by atoms with E-state index in [1.807, 2.05) is 0 Å². The average Bonchev–Trinajstić information content (AvgIpc) is 2.37. The van der Waals surface area contributed by atoms with Crippen LogP contribution in [0.25, 0.3) is 0 Å². The predicted octanol–water partition coefficient (Wildman–Crippen LogP) is 1.97. The van der Waals surface area contributed by atoms with Crippen LogP contribution in [0.3, 0.4) is 0 Å². The Bertz CT molecular complexity index is 688. The number of ether oxygens (including phenoxy) is 1. The SMILES string of the molecule is NC(=O)c1ccccc1Oc1cc(C(F)(F)F)nc(N)n1. The fourth-order valence-corrected chi connectivity index (χ4v) is 1.51. The van der Waals surface area contributed by atoms with Gasteiger partial charge in [-0.3, -0.25) is 4.79 Å². The smallest absolute Gasteiger partial charge is 0.433 e. The number of alkyl halides is 3. The second-order valence-electron chi connectivity index (χ2n) is 3.91. The van der Waals surface area contributed by atoms with Crippen LogP contribution in [0.1, 0.15) is 16.1 Å². The zero-order chi connectivity index (χ0) is 15.6. The van der Waals surface area contributed by atoms with Gasteiger partial charge in [-0.1, -0.05) is 12.1 Å². The van der Waals surface area contributed by atoms with E-state index in [0.29, 0.717) is 6.07 Å². The van der Waals surface area contributed by atoms with Gasteiger partial charge in [0.05, 0.1) is 5.56 Å². The van der Waals surface area contributed by atoms with Crippen LogP contribution in [-0.4, -0.2) is 15.9 Å². The van der Waals surface area contributed by atoms with Gasteiger partial charge in [0.2, 0.25) is 11.8 Å². The molecule has 2 aromatic rings. The van der Waals surface area contributed by atoms with E-state index in [1.54, 1.807) is 0 Å². The number of para-hydroxylation sites is 1. The van der Waals surface area contributed by atoms with Crippen LogP contribution in [0, 0.1) is 0 Å². The highest BCUT2D eigenvalue weighted by Gasteiger charge is 2.34. The molecular formula is C12H9F3N4O2. The molecule has 0 saturated heterocycles. The number of halogens is 3. The van der Waals surface area contributed by atoms with Crippen LogP contribution in [0.5, 0.6) is 11.6 Å². The number of anilines is 1. The summed E-state index contributed by atoms with van der Waals surface area (Å²) in [5.41, 5.74) is 9.11. The van der Waals surface area contributed by atoms with Crippen molar-refractivity contribution in [2.75, 3.05) is 5.73 Å². The number of rotatable bonds is 3. The number of benzene rings is 1. The maximum Gasteiger partial charge on any atom is 0.433 e. The molecule has 1 heterocycles. The molecule has 9 heteroatoms. The van der Waals surface area contributed by atoms with Crippen LogP contribution in [0.4, 0.5) is 19.1 Å². The lowest BCUT2D eigenvalue weighted by molar-refractivity contribution is -0.141. The highest BCUT2D eigenvalue weighted by molar-refractivity contribution is 5.95. The monoisotopic (exact) mass is 298 g/mol. The molecule has 0 aliphatic heterocycles. The molecule has 0 saturated carbocycles. The van der Waals surface area contributed by atoms with Gasteiger partial charge in [0.1, 0.15) is 5.75 Å². The minimum absolute atomic E-state index is 0.00300. The summed E-state index contributed by atoms with van der Waals surface area (Å²) in [7, 11) is 0. The second kappa shape index (κ2) is 5.27. The topological polar surface area (TPSA) is 104 Å². The number of amides is 1. The van der Waals surface area contributed by atoms with E-state index in [9.17, 15) is 18.0 Å². The molecule has 0 atom stereocenters. The molecule has 2 rings (SSSR count). The van der Waals surface area contributed by atoms with Gasteiger partial charge in [0.15, 0.2) is 5.69 Å². The zero-order valence-electron chi connectivity index (χ0n) is 10.4. The van der Waals surface area contributed by atoms with Gasteiger partial charge in [-0.25, -0.2) is 4.98 Å². The third kappa shape index (κ3) is 3.38. The lowest BCUT2D eigenvalue weighted by Gasteiger charge is -2.11. The Morgan fingerprint density at radius 1 is 1.19 bits per heavy atom. The molecular weight excluding hydrogens is 289 g/mol. The minimum atomic E-state index is -4.70. The third-order valence-corrected chi connectivity index (χ3v) is 2.38. The van der Waals surface area contributed by atoms with Gasteiger partial charge in [-0.15, -0.1) is 0 Å². The number of carbonyl (C=O) groups is 1. The first-order chi connectivity index (χ1) is 9.77. The summed E-state index contributed by atoms with van der Waals surface area (Å²) >= 11 is 0. The summed E-state index contributed by atoms with van der Waals surface area (Å²) in [6.07, 6.45) is -4.70. The first-order valence-corrected chi connectivity index (χ1v) is 5.56. The minimum Gasteiger partial charge on any atom is -0.438 e. The molecule has 6 nitrogen and oxygen atoms in total. The molecule has 0 spiro atoms. The van der Waals surface area contributed by atoms with Crippen LogP contribution >= 0.6 is 0 Å². The summed E-state index contributed by atoms with van der Waals surface area (Å²) in [6, 6.07) is 6.37. The Morgan fingerprint density at radius 2 is 1.86 bits per heavy atom. The summed E-state index contributed by atoms with van der Waals surface area (Å²) in [5, 5.41) is 0. The molecule has 21 heavy (non-hydrogen) atoms. The normalized spacial score (nSPS) is 11.2. The van der Waals surface area contributed by atoms with E-state index in [-0.39, 0.29) is 11.3 Å². The Labute approximate surface area is 116 Å². The van der Waals surface area contributed by atoms with E-state index in [1.165, 1.54) is 24.3 Å². The van der Waals surface area contributed by atoms with Gasteiger partial charge < -0.3 is 16.2 Å². The summed E-state index contributed by atoms with van der Waals surface area (Å²) in [6.45, 7) is 0. The molecule has 110 valence electrons. The van der Waals surface area contributed by atoms with Gasteiger partial charge in [-0.05, 0) is 12.1 Å². The Balaban J connectivity index is 2.41. The first kappa shape index (κ1) is 14.6. The number of primary amides is 1.